The molecule has 2 aliphatic heterocycles. The van der Waals surface area contributed by atoms with E-state index < -0.39 is 0 Å². The number of aromatic nitrogens is 2. The molecule has 2 aromatic rings. The third-order valence-electron chi connectivity index (χ3n) is 4.38. The minimum Gasteiger partial charge on any atom is -0.412 e. The summed E-state index contributed by atoms with van der Waals surface area (Å²) in [6, 6.07) is 6.12. The molecule has 0 atom stereocenters. The Hall–Kier alpha value is -0.770. The lowest BCUT2D eigenvalue weighted by Gasteiger charge is -2.28. The summed E-state index contributed by atoms with van der Waals surface area (Å²) in [5, 5.41) is 0.744. The zero-order chi connectivity index (χ0) is 14.4. The molecule has 0 unspecified atom stereocenters. The van der Waals surface area contributed by atoms with Crippen molar-refractivity contribution in [2.45, 2.75) is 25.8 Å². The Labute approximate surface area is 166 Å². The summed E-state index contributed by atoms with van der Waals surface area (Å²) in [7, 11) is 0. The molecule has 9 heteroatoms. The highest BCUT2D eigenvalue weighted by Gasteiger charge is 2.22. The van der Waals surface area contributed by atoms with Crippen molar-refractivity contribution in [3.8, 4) is 0 Å². The van der Waals surface area contributed by atoms with Crippen LogP contribution in [0.5, 0.6) is 0 Å². The van der Waals surface area contributed by atoms with Crippen LogP contribution in [0.4, 0.5) is 11.6 Å². The van der Waals surface area contributed by atoms with Crippen LogP contribution in [0.1, 0.15) is 19.3 Å². The highest BCUT2D eigenvalue weighted by molar-refractivity contribution is 14.1. The second-order valence-corrected chi connectivity index (χ2v) is 6.87. The molecule has 0 spiro atoms. The highest BCUT2D eigenvalue weighted by Crippen LogP contribution is 2.26. The van der Waals surface area contributed by atoms with Crippen molar-refractivity contribution < 1.29 is 5.48 Å². The van der Waals surface area contributed by atoms with E-state index in [1.807, 2.05) is 15.2 Å². The molecule has 1 aromatic carbocycles. The Morgan fingerprint density at radius 2 is 1.71 bits per heavy atom. The van der Waals surface area contributed by atoms with E-state index in [1.165, 1.54) is 19.3 Å². The number of fused-ring (bicyclic) bond motifs is 2. The molecule has 0 amide bonds. The van der Waals surface area contributed by atoms with Gasteiger partial charge in [0.1, 0.15) is 0 Å². The number of benzene rings is 1. The fourth-order valence-electron chi connectivity index (χ4n) is 3.22. The lowest BCUT2D eigenvalue weighted by Crippen LogP contribution is -2.29. The summed E-state index contributed by atoms with van der Waals surface area (Å²) in [4.78, 5) is 19.7. The van der Waals surface area contributed by atoms with Crippen molar-refractivity contribution in [2.24, 2.45) is 0 Å². The Morgan fingerprint density at radius 3 is 2.42 bits per heavy atom. The van der Waals surface area contributed by atoms with Gasteiger partial charge in [0.25, 0.3) is 5.56 Å². The average Bonchev–Trinajstić information content (AvgIpc) is 2.90. The lowest BCUT2D eigenvalue weighted by atomic mass is 10.1. The van der Waals surface area contributed by atoms with E-state index in [0.29, 0.717) is 0 Å². The Bertz CT molecular complexity index is 765. The zero-order valence-corrected chi connectivity index (χ0v) is 16.9. The SMILES string of the molecule is Cl.Cl.O.O=c1c2cc(N3CCCCC3)ccc2nc2n1CCN2I. The molecule has 4 rings (SSSR count). The maximum absolute atomic E-state index is 12.7. The van der Waals surface area contributed by atoms with Crippen molar-refractivity contribution in [3.63, 3.8) is 0 Å². The van der Waals surface area contributed by atoms with E-state index in [1.54, 1.807) is 4.57 Å². The number of piperidine rings is 1. The first-order valence-corrected chi connectivity index (χ1v) is 8.43. The molecule has 0 saturated carbocycles. The monoisotopic (exact) mass is 486 g/mol. The number of hydrogen-bond acceptors (Lipinski definition) is 4. The number of rotatable bonds is 1. The molecule has 24 heavy (non-hydrogen) atoms. The molecule has 0 aliphatic carbocycles. The first-order valence-electron chi connectivity index (χ1n) is 7.47. The van der Waals surface area contributed by atoms with Gasteiger partial charge in [-0.1, -0.05) is 0 Å². The molecule has 6 nitrogen and oxygen atoms in total. The Morgan fingerprint density at radius 1 is 1.00 bits per heavy atom. The maximum atomic E-state index is 12.7. The summed E-state index contributed by atoms with van der Waals surface area (Å²) < 4.78 is 3.80. The standard InChI is InChI=1S/C15H17IN4O.2ClH.H2O/c16-20-9-8-19-14(21)12-10-11(18-6-2-1-3-7-18)4-5-13(12)17-15(19)20;;;/h4-5,10H,1-3,6-9H2;2*1H;1H2. The normalized spacial score (nSPS) is 16.0. The molecular weight excluding hydrogens is 466 g/mol. The fourth-order valence-corrected chi connectivity index (χ4v) is 3.80. The third-order valence-corrected chi connectivity index (χ3v) is 5.29. The van der Waals surface area contributed by atoms with Crippen LogP contribution in [0.3, 0.4) is 0 Å². The van der Waals surface area contributed by atoms with E-state index in [2.05, 4.69) is 38.8 Å². The minimum absolute atomic E-state index is 0. The number of halogens is 3. The summed E-state index contributed by atoms with van der Waals surface area (Å²) in [6.07, 6.45) is 3.79. The van der Waals surface area contributed by atoms with Gasteiger partial charge < -0.3 is 10.4 Å². The summed E-state index contributed by atoms with van der Waals surface area (Å²) in [5.41, 5.74) is 2.05. The number of anilines is 2. The number of hydrogen-bond donors (Lipinski definition) is 0. The molecular formula is C15H21Cl2IN4O2. The molecule has 134 valence electrons. The molecule has 3 heterocycles. The van der Waals surface area contributed by atoms with Gasteiger partial charge >= 0.3 is 0 Å². The van der Waals surface area contributed by atoms with Gasteiger partial charge in [0.2, 0.25) is 5.95 Å². The molecule has 1 saturated heterocycles. The van der Waals surface area contributed by atoms with Crippen LogP contribution in [0.2, 0.25) is 0 Å². The zero-order valence-electron chi connectivity index (χ0n) is 13.1. The summed E-state index contributed by atoms with van der Waals surface area (Å²) >= 11 is 2.22. The highest BCUT2D eigenvalue weighted by atomic mass is 127. The van der Waals surface area contributed by atoms with Gasteiger partial charge in [0.15, 0.2) is 0 Å². The second kappa shape index (κ2) is 8.55. The third kappa shape index (κ3) is 3.58. The molecule has 2 aliphatic rings. The van der Waals surface area contributed by atoms with E-state index in [9.17, 15) is 4.79 Å². The van der Waals surface area contributed by atoms with Crippen LogP contribution >= 0.6 is 47.7 Å². The fraction of sp³-hybridized carbons (Fsp3) is 0.467. The molecule has 2 N–H and O–H groups in total. The minimum atomic E-state index is 0. The van der Waals surface area contributed by atoms with Gasteiger partial charge in [-0.15, -0.1) is 24.8 Å². The predicted molar refractivity (Wildman–Crippen MR) is 112 cm³/mol. The van der Waals surface area contributed by atoms with Gasteiger partial charge in [0, 0.05) is 31.9 Å². The molecule has 0 radical (unpaired) electrons. The lowest BCUT2D eigenvalue weighted by molar-refractivity contribution is 0.578. The predicted octanol–water partition coefficient (Wildman–Crippen LogP) is 2.58. The van der Waals surface area contributed by atoms with Crippen molar-refractivity contribution in [3.05, 3.63) is 28.6 Å². The van der Waals surface area contributed by atoms with Crippen molar-refractivity contribution in [1.82, 2.24) is 9.55 Å². The van der Waals surface area contributed by atoms with Crippen LogP contribution in [0, 0.1) is 0 Å². The van der Waals surface area contributed by atoms with Crippen LogP contribution in [0.25, 0.3) is 10.9 Å². The first kappa shape index (κ1) is 21.3. The van der Waals surface area contributed by atoms with Crippen LogP contribution in [0.15, 0.2) is 23.0 Å². The van der Waals surface area contributed by atoms with Crippen molar-refractivity contribution >= 4 is 70.2 Å². The van der Waals surface area contributed by atoms with Gasteiger partial charge in [-0.25, -0.2) is 4.98 Å². The average molecular weight is 487 g/mol. The topological polar surface area (TPSA) is 72.9 Å². The van der Waals surface area contributed by atoms with Crippen LogP contribution < -0.4 is 13.6 Å². The van der Waals surface area contributed by atoms with E-state index >= 15 is 0 Å². The molecule has 0 bridgehead atoms. The largest absolute Gasteiger partial charge is 0.412 e. The smallest absolute Gasteiger partial charge is 0.262 e. The Kier molecular flexibility index (Phi) is 7.58. The van der Waals surface area contributed by atoms with E-state index in [4.69, 9.17) is 0 Å². The van der Waals surface area contributed by atoms with Crippen LogP contribution in [-0.2, 0) is 6.54 Å². The second-order valence-electron chi connectivity index (χ2n) is 5.70. The maximum Gasteiger partial charge on any atom is 0.262 e. The molecule has 1 aromatic heterocycles. The van der Waals surface area contributed by atoms with Gasteiger partial charge in [-0.05, 0) is 37.5 Å². The van der Waals surface area contributed by atoms with Gasteiger partial charge in [0.05, 0.1) is 33.8 Å². The van der Waals surface area contributed by atoms with Crippen molar-refractivity contribution in [2.75, 3.05) is 27.6 Å². The summed E-state index contributed by atoms with van der Waals surface area (Å²) in [5.74, 6) is 0.777. The van der Waals surface area contributed by atoms with E-state index in [0.717, 1.165) is 48.7 Å². The summed E-state index contributed by atoms with van der Waals surface area (Å²) in [6.45, 7) is 3.76. The molecule has 1 fully saturated rings. The van der Waals surface area contributed by atoms with E-state index in [-0.39, 0.29) is 35.8 Å². The van der Waals surface area contributed by atoms with Crippen LogP contribution in [-0.4, -0.2) is 34.7 Å². The quantitative estimate of drug-likeness (QED) is 0.458. The van der Waals surface area contributed by atoms with Crippen molar-refractivity contribution in [1.29, 1.82) is 0 Å². The number of nitrogens with zero attached hydrogens (tertiary/aromatic N) is 4. The first-order chi connectivity index (χ1) is 10.2. The van der Waals surface area contributed by atoms with Gasteiger partial charge in [-0.2, -0.15) is 0 Å². The van der Waals surface area contributed by atoms with Gasteiger partial charge in [-0.3, -0.25) is 12.5 Å². The Balaban J connectivity index is 0.000000960.